The Morgan fingerprint density at radius 1 is 0.895 bits per heavy atom. The number of unbranched alkanes of at least 4 members (excludes halogenated alkanes) is 2. The maximum absolute atomic E-state index is 13.7. The van der Waals surface area contributed by atoms with Gasteiger partial charge >= 0.3 is 5.97 Å². The average molecular weight is 529 g/mol. The van der Waals surface area contributed by atoms with Gasteiger partial charge in [0.05, 0.1) is 6.61 Å². The molecule has 0 saturated heterocycles. The number of carboxylic acids is 1. The SMILES string of the molecule is O=C(O)CCCCCOc1ccccc1CN(CCc1ccccn1)C(=O)c1ccc(-c2ccsc2)cc1. The van der Waals surface area contributed by atoms with Gasteiger partial charge in [0.15, 0.2) is 0 Å². The van der Waals surface area contributed by atoms with Gasteiger partial charge in [0, 0.05) is 48.9 Å². The number of carboxylic acid groups (broad SMARTS) is 1. The van der Waals surface area contributed by atoms with Crippen molar-refractivity contribution in [2.45, 2.75) is 38.6 Å². The molecular weight excluding hydrogens is 496 g/mol. The maximum atomic E-state index is 13.7. The molecule has 4 rings (SSSR count). The molecule has 0 unspecified atom stereocenters. The molecule has 196 valence electrons. The second kappa shape index (κ2) is 14.1. The Balaban J connectivity index is 1.46. The number of carbonyl (C=O) groups excluding carboxylic acids is 1. The zero-order valence-electron chi connectivity index (χ0n) is 21.3. The van der Waals surface area contributed by atoms with Crippen LogP contribution in [0.5, 0.6) is 5.75 Å². The largest absolute Gasteiger partial charge is 0.493 e. The van der Waals surface area contributed by atoms with Gasteiger partial charge in [-0.3, -0.25) is 14.6 Å². The van der Waals surface area contributed by atoms with Crippen LogP contribution in [0.4, 0.5) is 0 Å². The third-order valence-electron chi connectivity index (χ3n) is 6.26. The van der Waals surface area contributed by atoms with Crippen LogP contribution in [0, 0.1) is 0 Å². The van der Waals surface area contributed by atoms with E-state index in [1.807, 2.05) is 77.0 Å². The zero-order chi connectivity index (χ0) is 26.6. The molecule has 0 aliphatic carbocycles. The summed E-state index contributed by atoms with van der Waals surface area (Å²) < 4.78 is 6.05. The normalized spacial score (nSPS) is 10.7. The molecule has 6 nitrogen and oxygen atoms in total. The molecule has 0 aliphatic rings. The standard InChI is InChI=1S/C31H32N2O4S/c34-30(35)11-2-1-7-20-37-29-10-4-3-8-26(29)22-33(19-16-28-9-5-6-18-32-28)31(36)25-14-12-24(13-15-25)27-17-21-38-23-27/h3-6,8-10,12-15,17-18,21,23H,1-2,7,11,16,19-20,22H2,(H,34,35). The van der Waals surface area contributed by atoms with Gasteiger partial charge in [-0.15, -0.1) is 0 Å². The molecule has 0 radical (unpaired) electrons. The lowest BCUT2D eigenvalue weighted by atomic mass is 10.1. The molecule has 0 fully saturated rings. The molecule has 2 heterocycles. The number of amides is 1. The number of para-hydroxylation sites is 1. The lowest BCUT2D eigenvalue weighted by Crippen LogP contribution is -2.32. The number of ether oxygens (including phenoxy) is 1. The van der Waals surface area contributed by atoms with Crippen molar-refractivity contribution in [2.75, 3.05) is 13.2 Å². The van der Waals surface area contributed by atoms with Crippen molar-refractivity contribution < 1.29 is 19.4 Å². The third kappa shape index (κ3) is 8.02. The summed E-state index contributed by atoms with van der Waals surface area (Å²) in [5, 5.41) is 12.9. The van der Waals surface area contributed by atoms with Crippen molar-refractivity contribution in [3.05, 3.63) is 107 Å². The molecule has 4 aromatic rings. The Labute approximate surface area is 227 Å². The summed E-state index contributed by atoms with van der Waals surface area (Å²) in [7, 11) is 0. The molecule has 0 spiro atoms. The summed E-state index contributed by atoms with van der Waals surface area (Å²) in [5.74, 6) is -0.0664. The summed E-state index contributed by atoms with van der Waals surface area (Å²) in [6.07, 6.45) is 4.81. The molecule has 7 heteroatoms. The van der Waals surface area contributed by atoms with Gasteiger partial charge in [-0.25, -0.2) is 0 Å². The van der Waals surface area contributed by atoms with Gasteiger partial charge in [0.1, 0.15) is 5.75 Å². The number of nitrogens with zero attached hydrogens (tertiary/aromatic N) is 2. The number of hydrogen-bond acceptors (Lipinski definition) is 5. The second-order valence-electron chi connectivity index (χ2n) is 9.05. The molecular formula is C31H32N2O4S. The van der Waals surface area contributed by atoms with Crippen molar-refractivity contribution in [3.8, 4) is 16.9 Å². The third-order valence-corrected chi connectivity index (χ3v) is 6.95. The van der Waals surface area contributed by atoms with Crippen LogP contribution in [-0.2, 0) is 17.8 Å². The highest BCUT2D eigenvalue weighted by atomic mass is 32.1. The number of pyridine rings is 1. The number of carbonyl (C=O) groups is 2. The van der Waals surface area contributed by atoms with E-state index < -0.39 is 5.97 Å². The van der Waals surface area contributed by atoms with Gasteiger partial charge < -0.3 is 14.7 Å². The van der Waals surface area contributed by atoms with Gasteiger partial charge in [-0.05, 0) is 77.5 Å². The number of hydrogen-bond donors (Lipinski definition) is 1. The number of benzene rings is 2. The minimum atomic E-state index is -0.771. The van der Waals surface area contributed by atoms with E-state index in [9.17, 15) is 9.59 Å². The Bertz CT molecular complexity index is 1290. The topological polar surface area (TPSA) is 79.7 Å². The van der Waals surface area contributed by atoms with Crippen LogP contribution in [0.25, 0.3) is 11.1 Å². The number of aliphatic carboxylic acids is 1. The van der Waals surface area contributed by atoms with Crippen molar-refractivity contribution in [1.29, 1.82) is 0 Å². The van der Waals surface area contributed by atoms with E-state index in [2.05, 4.69) is 16.4 Å². The minimum absolute atomic E-state index is 0.0405. The maximum Gasteiger partial charge on any atom is 0.303 e. The summed E-state index contributed by atoms with van der Waals surface area (Å²) in [6.45, 7) is 1.43. The first-order chi connectivity index (χ1) is 18.6. The van der Waals surface area contributed by atoms with Crippen LogP contribution in [0.1, 0.15) is 47.3 Å². The number of rotatable bonds is 14. The highest BCUT2D eigenvalue weighted by Crippen LogP contribution is 2.24. The molecule has 1 amide bonds. The van der Waals surface area contributed by atoms with Gasteiger partial charge in [0.2, 0.25) is 0 Å². The summed E-state index contributed by atoms with van der Waals surface area (Å²) in [6, 6.07) is 23.4. The summed E-state index contributed by atoms with van der Waals surface area (Å²) in [5.41, 5.74) is 4.74. The van der Waals surface area contributed by atoms with Crippen LogP contribution in [0.15, 0.2) is 89.8 Å². The first kappa shape index (κ1) is 27.1. The Morgan fingerprint density at radius 3 is 2.45 bits per heavy atom. The lowest BCUT2D eigenvalue weighted by Gasteiger charge is -2.24. The van der Waals surface area contributed by atoms with Gasteiger partial charge in [-0.2, -0.15) is 11.3 Å². The fourth-order valence-electron chi connectivity index (χ4n) is 4.18. The Kier molecular flexibility index (Phi) is 10.0. The smallest absolute Gasteiger partial charge is 0.303 e. The van der Waals surface area contributed by atoms with E-state index in [0.29, 0.717) is 38.1 Å². The monoisotopic (exact) mass is 528 g/mol. The van der Waals surface area contributed by atoms with Crippen LogP contribution in [0.3, 0.4) is 0 Å². The molecule has 2 aromatic carbocycles. The first-order valence-corrected chi connectivity index (χ1v) is 13.8. The van der Waals surface area contributed by atoms with Crippen molar-refractivity contribution in [3.63, 3.8) is 0 Å². The average Bonchev–Trinajstić information content (AvgIpc) is 3.49. The fraction of sp³-hybridized carbons (Fsp3) is 0.258. The van der Waals surface area contributed by atoms with Crippen LogP contribution in [0.2, 0.25) is 0 Å². The zero-order valence-corrected chi connectivity index (χ0v) is 22.1. The second-order valence-corrected chi connectivity index (χ2v) is 9.83. The van der Waals surface area contributed by atoms with E-state index in [-0.39, 0.29) is 12.3 Å². The highest BCUT2D eigenvalue weighted by Gasteiger charge is 2.18. The number of aromatic nitrogens is 1. The quantitative estimate of drug-likeness (QED) is 0.184. The highest BCUT2D eigenvalue weighted by molar-refractivity contribution is 7.08. The van der Waals surface area contributed by atoms with E-state index in [1.54, 1.807) is 17.5 Å². The Hall–Kier alpha value is -3.97. The van der Waals surface area contributed by atoms with Crippen LogP contribution >= 0.6 is 11.3 Å². The van der Waals surface area contributed by atoms with E-state index >= 15 is 0 Å². The van der Waals surface area contributed by atoms with E-state index in [0.717, 1.165) is 41.0 Å². The predicted octanol–water partition coefficient (Wildman–Crippen LogP) is 6.72. The van der Waals surface area contributed by atoms with Crippen LogP contribution < -0.4 is 4.74 Å². The Morgan fingerprint density at radius 2 is 1.71 bits per heavy atom. The van der Waals surface area contributed by atoms with E-state index in [4.69, 9.17) is 9.84 Å². The molecule has 0 bridgehead atoms. The molecule has 2 aromatic heterocycles. The first-order valence-electron chi connectivity index (χ1n) is 12.8. The van der Waals surface area contributed by atoms with Gasteiger partial charge in [-0.1, -0.05) is 36.4 Å². The lowest BCUT2D eigenvalue weighted by molar-refractivity contribution is -0.137. The molecule has 0 aliphatic heterocycles. The molecule has 1 N–H and O–H groups in total. The van der Waals surface area contributed by atoms with Crippen molar-refractivity contribution in [2.24, 2.45) is 0 Å². The molecule has 38 heavy (non-hydrogen) atoms. The fourth-order valence-corrected chi connectivity index (χ4v) is 4.85. The number of thiophene rings is 1. The molecule has 0 atom stereocenters. The molecule has 0 saturated carbocycles. The summed E-state index contributed by atoms with van der Waals surface area (Å²) in [4.78, 5) is 30.7. The summed E-state index contributed by atoms with van der Waals surface area (Å²) >= 11 is 1.65. The predicted molar refractivity (Wildman–Crippen MR) is 150 cm³/mol. The minimum Gasteiger partial charge on any atom is -0.493 e. The van der Waals surface area contributed by atoms with Gasteiger partial charge in [0.25, 0.3) is 5.91 Å². The van der Waals surface area contributed by atoms with Crippen molar-refractivity contribution >= 4 is 23.2 Å². The van der Waals surface area contributed by atoms with E-state index in [1.165, 1.54) is 0 Å². The van der Waals surface area contributed by atoms with Crippen LogP contribution in [-0.4, -0.2) is 40.0 Å². The van der Waals surface area contributed by atoms with Crippen molar-refractivity contribution in [1.82, 2.24) is 9.88 Å².